The van der Waals surface area contributed by atoms with Crippen LogP contribution in [-0.2, 0) is 22.5 Å². The van der Waals surface area contributed by atoms with Gasteiger partial charge < -0.3 is 30.0 Å². The van der Waals surface area contributed by atoms with E-state index in [-0.39, 0.29) is 23.8 Å². The molecule has 1 atom stereocenters. The number of nitrogens with one attached hydrogen (secondary N) is 1. The fourth-order valence-electron chi connectivity index (χ4n) is 6.19. The summed E-state index contributed by atoms with van der Waals surface area (Å²) in [4.78, 5) is 47.3. The molecule has 3 N–H and O–H groups in total. The summed E-state index contributed by atoms with van der Waals surface area (Å²) in [7, 11) is 0. The van der Waals surface area contributed by atoms with Crippen LogP contribution in [0.4, 0.5) is 17.5 Å². The molecular weight excluding hydrogens is 582 g/mol. The Morgan fingerprint density at radius 1 is 0.978 bits per heavy atom. The second-order valence-corrected chi connectivity index (χ2v) is 11.7. The number of fused-ring (bicyclic) bond motifs is 2. The van der Waals surface area contributed by atoms with E-state index in [1.54, 1.807) is 25.5 Å². The van der Waals surface area contributed by atoms with Crippen LogP contribution < -0.4 is 20.9 Å². The van der Waals surface area contributed by atoms with Gasteiger partial charge in [-0.15, -0.1) is 0 Å². The fraction of sp³-hybridized carbons (Fsp3) is 0.294. The largest absolute Gasteiger partial charge is 0.378 e. The Morgan fingerprint density at radius 2 is 1.72 bits per heavy atom. The molecule has 2 amide bonds. The molecule has 0 radical (unpaired) electrons. The quantitative estimate of drug-likeness (QED) is 0.290. The minimum atomic E-state index is -0.281. The SMILES string of the molecule is CC(=O)N1c2ccc(-c3ccc(CNC(=O)c4cn5cc(-c6cnc(N)nc6)nc(N6CCOCC6)c5n4)cc3)cc2CC[C@@H]1C. The lowest BCUT2D eigenvalue weighted by Gasteiger charge is -2.34. The number of carbonyl (C=O) groups excluding carboxylic acids is 2. The van der Waals surface area contributed by atoms with Gasteiger partial charge in [0.2, 0.25) is 11.9 Å². The molecule has 0 saturated carbocycles. The second kappa shape index (κ2) is 12.2. The number of amides is 2. The predicted molar refractivity (Wildman–Crippen MR) is 175 cm³/mol. The molecule has 1 fully saturated rings. The number of nitrogen functional groups attached to an aromatic ring is 1. The molecule has 2 aliphatic rings. The Kier molecular flexibility index (Phi) is 7.79. The third kappa shape index (κ3) is 5.74. The van der Waals surface area contributed by atoms with E-state index < -0.39 is 0 Å². The molecule has 0 aliphatic carbocycles. The van der Waals surface area contributed by atoms with Crippen molar-refractivity contribution in [3.8, 4) is 22.4 Å². The summed E-state index contributed by atoms with van der Waals surface area (Å²) in [5, 5.41) is 3.01. The zero-order chi connectivity index (χ0) is 31.8. The average molecular weight is 618 g/mol. The summed E-state index contributed by atoms with van der Waals surface area (Å²) in [5.41, 5.74) is 13.3. The number of nitrogens with zero attached hydrogens (tertiary/aromatic N) is 7. The van der Waals surface area contributed by atoms with Crippen molar-refractivity contribution < 1.29 is 14.3 Å². The highest BCUT2D eigenvalue weighted by atomic mass is 16.5. The molecule has 3 aromatic heterocycles. The summed E-state index contributed by atoms with van der Waals surface area (Å²) in [6.07, 6.45) is 8.68. The lowest BCUT2D eigenvalue weighted by atomic mass is 9.93. The van der Waals surface area contributed by atoms with E-state index in [1.165, 1.54) is 5.56 Å². The van der Waals surface area contributed by atoms with E-state index in [1.807, 2.05) is 27.6 Å². The number of nitrogens with two attached hydrogens (primary N) is 1. The van der Waals surface area contributed by atoms with Crippen molar-refractivity contribution in [3.63, 3.8) is 0 Å². The standard InChI is InChI=1S/C34H35N9O3/c1-21-3-6-26-15-25(9-10-30(26)43(21)22(2)44)24-7-4-23(5-8-24)16-36-33(45)29-20-42-19-28(27-17-37-34(35)38-18-27)39-31(32(42)40-29)41-11-13-46-14-12-41/h4-5,7-10,15,17-21H,3,6,11-14,16H2,1-2H3,(H,36,45)(H2,35,37,38)/t21-/m0/s1. The minimum absolute atomic E-state index is 0.0727. The molecular formula is C34H35N9O3. The van der Waals surface area contributed by atoms with Crippen LogP contribution in [0, 0.1) is 0 Å². The van der Waals surface area contributed by atoms with Crippen molar-refractivity contribution in [3.05, 3.63) is 84.1 Å². The molecule has 12 nitrogen and oxygen atoms in total. The van der Waals surface area contributed by atoms with Gasteiger partial charge in [-0.2, -0.15) is 0 Å². The number of ether oxygens (including phenoxy) is 1. The topological polar surface area (TPSA) is 144 Å². The van der Waals surface area contributed by atoms with Crippen LogP contribution in [0.3, 0.4) is 0 Å². The van der Waals surface area contributed by atoms with Crippen molar-refractivity contribution in [1.82, 2.24) is 29.7 Å². The van der Waals surface area contributed by atoms with Gasteiger partial charge in [-0.05, 0) is 54.2 Å². The lowest BCUT2D eigenvalue weighted by Crippen LogP contribution is -2.40. The zero-order valence-electron chi connectivity index (χ0n) is 25.8. The van der Waals surface area contributed by atoms with Gasteiger partial charge in [-0.3, -0.25) is 9.59 Å². The Balaban J connectivity index is 1.08. The first-order valence-corrected chi connectivity index (χ1v) is 15.4. The van der Waals surface area contributed by atoms with Gasteiger partial charge in [0.05, 0.1) is 18.9 Å². The van der Waals surface area contributed by atoms with Crippen LogP contribution in [0.1, 0.15) is 41.9 Å². The van der Waals surface area contributed by atoms with E-state index in [0.717, 1.165) is 35.2 Å². The van der Waals surface area contributed by atoms with Crippen molar-refractivity contribution >= 4 is 34.9 Å². The third-order valence-corrected chi connectivity index (χ3v) is 8.62. The van der Waals surface area contributed by atoms with Crippen LogP contribution in [0.2, 0.25) is 0 Å². The molecule has 1 saturated heterocycles. The van der Waals surface area contributed by atoms with Gasteiger partial charge >= 0.3 is 0 Å². The first-order chi connectivity index (χ1) is 22.3. The van der Waals surface area contributed by atoms with Crippen molar-refractivity contribution in [2.75, 3.05) is 41.8 Å². The van der Waals surface area contributed by atoms with E-state index >= 15 is 0 Å². The van der Waals surface area contributed by atoms with Crippen molar-refractivity contribution in [2.24, 2.45) is 0 Å². The molecule has 234 valence electrons. The van der Waals surface area contributed by atoms with E-state index in [9.17, 15) is 9.59 Å². The fourth-order valence-corrected chi connectivity index (χ4v) is 6.19. The molecule has 0 unspecified atom stereocenters. The number of imidazole rings is 1. The summed E-state index contributed by atoms with van der Waals surface area (Å²) in [6, 6.07) is 14.7. The Hall–Kier alpha value is -5.36. The van der Waals surface area contributed by atoms with Crippen LogP contribution in [0.25, 0.3) is 28.0 Å². The van der Waals surface area contributed by atoms with Crippen LogP contribution >= 0.6 is 0 Å². The number of benzene rings is 2. The lowest BCUT2D eigenvalue weighted by molar-refractivity contribution is -0.117. The van der Waals surface area contributed by atoms with E-state index in [0.29, 0.717) is 61.3 Å². The molecule has 0 spiro atoms. The Bertz CT molecular complexity index is 1920. The molecule has 2 aliphatic heterocycles. The Morgan fingerprint density at radius 3 is 2.46 bits per heavy atom. The highest BCUT2D eigenvalue weighted by molar-refractivity contribution is 5.94. The maximum absolute atomic E-state index is 13.3. The van der Waals surface area contributed by atoms with Gasteiger partial charge in [0.15, 0.2) is 11.5 Å². The van der Waals surface area contributed by atoms with E-state index in [2.05, 4.69) is 62.4 Å². The zero-order valence-corrected chi connectivity index (χ0v) is 25.8. The normalized spacial score (nSPS) is 16.3. The van der Waals surface area contributed by atoms with Crippen LogP contribution in [0.15, 0.2) is 67.3 Å². The number of anilines is 3. The second-order valence-electron chi connectivity index (χ2n) is 11.7. The highest BCUT2D eigenvalue weighted by Gasteiger charge is 2.26. The maximum atomic E-state index is 13.3. The number of hydrogen-bond acceptors (Lipinski definition) is 9. The van der Waals surface area contributed by atoms with E-state index in [4.69, 9.17) is 15.5 Å². The molecule has 46 heavy (non-hydrogen) atoms. The monoisotopic (exact) mass is 617 g/mol. The predicted octanol–water partition coefficient (Wildman–Crippen LogP) is 3.89. The van der Waals surface area contributed by atoms with Crippen molar-refractivity contribution in [1.29, 1.82) is 0 Å². The summed E-state index contributed by atoms with van der Waals surface area (Å²) >= 11 is 0. The van der Waals surface area contributed by atoms with Crippen molar-refractivity contribution in [2.45, 2.75) is 39.3 Å². The number of aromatic nitrogens is 5. The Labute approximate surface area is 266 Å². The van der Waals surface area contributed by atoms with Gasteiger partial charge in [0.25, 0.3) is 5.91 Å². The summed E-state index contributed by atoms with van der Waals surface area (Å²) < 4.78 is 7.36. The number of aryl methyl sites for hydroxylation is 1. The number of rotatable bonds is 6. The molecule has 0 bridgehead atoms. The van der Waals surface area contributed by atoms with Gasteiger partial charge in [0.1, 0.15) is 5.69 Å². The van der Waals surface area contributed by atoms with Crippen LogP contribution in [-0.4, -0.2) is 68.5 Å². The highest BCUT2D eigenvalue weighted by Crippen LogP contribution is 2.34. The van der Waals surface area contributed by atoms with Gasteiger partial charge in [0, 0.05) is 68.6 Å². The molecule has 7 rings (SSSR count). The molecule has 12 heteroatoms. The minimum Gasteiger partial charge on any atom is -0.378 e. The molecule has 5 aromatic rings. The van der Waals surface area contributed by atoms with Gasteiger partial charge in [-0.1, -0.05) is 30.3 Å². The number of carbonyl (C=O) groups is 2. The third-order valence-electron chi connectivity index (χ3n) is 8.62. The summed E-state index contributed by atoms with van der Waals surface area (Å²) in [5.74, 6) is 0.642. The number of morpholine rings is 1. The van der Waals surface area contributed by atoms with Gasteiger partial charge in [-0.25, -0.2) is 19.9 Å². The maximum Gasteiger partial charge on any atom is 0.271 e. The first-order valence-electron chi connectivity index (χ1n) is 15.4. The molecule has 2 aromatic carbocycles. The average Bonchev–Trinajstić information content (AvgIpc) is 3.52. The first kappa shape index (κ1) is 29.4. The smallest absolute Gasteiger partial charge is 0.271 e. The summed E-state index contributed by atoms with van der Waals surface area (Å²) in [6.45, 7) is 6.57. The molecule has 5 heterocycles. The van der Waals surface area contributed by atoms with Crippen LogP contribution in [0.5, 0.6) is 0 Å². The number of hydrogen-bond donors (Lipinski definition) is 2.